The van der Waals surface area contributed by atoms with Crippen LogP contribution in [0.1, 0.15) is 31.9 Å². The van der Waals surface area contributed by atoms with E-state index in [-0.39, 0.29) is 12.2 Å². The van der Waals surface area contributed by atoms with Crippen LogP contribution in [0.4, 0.5) is 13.2 Å². The van der Waals surface area contributed by atoms with Gasteiger partial charge in [0.25, 0.3) is 0 Å². The molecule has 0 aliphatic heterocycles. The van der Waals surface area contributed by atoms with Crippen molar-refractivity contribution in [2.75, 3.05) is 0 Å². The first-order chi connectivity index (χ1) is 7.60. The van der Waals surface area contributed by atoms with Crippen molar-refractivity contribution in [3.05, 3.63) is 35.4 Å². The van der Waals surface area contributed by atoms with E-state index in [1.807, 2.05) is 0 Å². The van der Waals surface area contributed by atoms with Crippen molar-refractivity contribution in [1.82, 2.24) is 0 Å². The Kier molecular flexibility index (Phi) is 3.65. The fraction of sp³-hybridized carbons (Fsp3) is 0.462. The Morgan fingerprint density at radius 3 is 1.88 bits per heavy atom. The van der Waals surface area contributed by atoms with Gasteiger partial charge in [-0.05, 0) is 17.7 Å². The zero-order chi connectivity index (χ0) is 13.3. The number of hydrogen-bond acceptors (Lipinski definition) is 1. The fourth-order valence-corrected chi connectivity index (χ4v) is 1.26. The molecule has 1 aromatic carbocycles. The standard InChI is InChI=1S/C13H15F3O/c1-12(2,3)11(17)8-9-4-6-10(7-5-9)13(14,15)16/h4-7H,8H2,1-3H3. The molecule has 0 atom stereocenters. The second kappa shape index (κ2) is 4.51. The van der Waals surface area contributed by atoms with Crippen LogP contribution in [-0.2, 0) is 17.4 Å². The van der Waals surface area contributed by atoms with Gasteiger partial charge in [-0.15, -0.1) is 0 Å². The second-order valence-electron chi connectivity index (χ2n) is 5.04. The second-order valence-corrected chi connectivity index (χ2v) is 5.04. The predicted octanol–water partition coefficient (Wildman–Crippen LogP) is 3.86. The highest BCUT2D eigenvalue weighted by molar-refractivity contribution is 5.85. The molecule has 0 radical (unpaired) electrons. The van der Waals surface area contributed by atoms with Gasteiger partial charge in [0.05, 0.1) is 5.56 Å². The Bertz CT molecular complexity index is 396. The minimum Gasteiger partial charge on any atom is -0.299 e. The number of rotatable bonds is 2. The van der Waals surface area contributed by atoms with Crippen LogP contribution in [0.25, 0.3) is 0 Å². The normalized spacial score (nSPS) is 12.6. The highest BCUT2D eigenvalue weighted by Gasteiger charge is 2.30. The molecule has 0 aromatic heterocycles. The maximum Gasteiger partial charge on any atom is 0.416 e. The molecule has 0 N–H and O–H groups in total. The first-order valence-corrected chi connectivity index (χ1v) is 5.30. The van der Waals surface area contributed by atoms with Crippen LogP contribution < -0.4 is 0 Å². The molecule has 1 nitrogen and oxygen atoms in total. The third kappa shape index (κ3) is 3.88. The average molecular weight is 244 g/mol. The van der Waals surface area contributed by atoms with Gasteiger partial charge in [0, 0.05) is 11.8 Å². The van der Waals surface area contributed by atoms with Crippen molar-refractivity contribution in [1.29, 1.82) is 0 Å². The summed E-state index contributed by atoms with van der Waals surface area (Å²) in [5, 5.41) is 0. The average Bonchev–Trinajstić information content (AvgIpc) is 2.15. The lowest BCUT2D eigenvalue weighted by Gasteiger charge is -2.16. The minimum atomic E-state index is -4.33. The number of benzene rings is 1. The zero-order valence-corrected chi connectivity index (χ0v) is 10.1. The Morgan fingerprint density at radius 2 is 1.53 bits per heavy atom. The Balaban J connectivity index is 2.80. The molecule has 1 rings (SSSR count). The molecule has 94 valence electrons. The molecule has 0 spiro atoms. The van der Waals surface area contributed by atoms with Gasteiger partial charge in [-0.3, -0.25) is 4.79 Å². The lowest BCUT2D eigenvalue weighted by atomic mass is 9.87. The Hall–Kier alpha value is -1.32. The fourth-order valence-electron chi connectivity index (χ4n) is 1.26. The molecule has 0 aliphatic carbocycles. The van der Waals surface area contributed by atoms with Crippen molar-refractivity contribution in [3.63, 3.8) is 0 Å². The molecule has 1 aromatic rings. The third-order valence-corrected chi connectivity index (χ3v) is 2.48. The van der Waals surface area contributed by atoms with E-state index >= 15 is 0 Å². The lowest BCUT2D eigenvalue weighted by molar-refractivity contribution is -0.137. The summed E-state index contributed by atoms with van der Waals surface area (Å²) in [6.07, 6.45) is -4.16. The number of hydrogen-bond donors (Lipinski definition) is 0. The number of carbonyl (C=O) groups excluding carboxylic acids is 1. The number of Topliss-reactive ketones (excluding diaryl/α,β-unsaturated/α-hetero) is 1. The monoisotopic (exact) mass is 244 g/mol. The SMILES string of the molecule is CC(C)(C)C(=O)Cc1ccc(C(F)(F)F)cc1. The maximum atomic E-state index is 12.3. The van der Waals surface area contributed by atoms with Gasteiger partial charge in [0.2, 0.25) is 0 Å². The largest absolute Gasteiger partial charge is 0.416 e. The molecule has 0 heterocycles. The summed E-state index contributed by atoms with van der Waals surface area (Å²) in [5.74, 6) is 0.0114. The molecular weight excluding hydrogens is 229 g/mol. The lowest BCUT2D eigenvalue weighted by Crippen LogP contribution is -2.22. The smallest absolute Gasteiger partial charge is 0.299 e. The molecule has 0 saturated heterocycles. The highest BCUT2D eigenvalue weighted by atomic mass is 19.4. The van der Waals surface area contributed by atoms with Gasteiger partial charge in [-0.1, -0.05) is 32.9 Å². The van der Waals surface area contributed by atoms with Crippen molar-refractivity contribution in [2.24, 2.45) is 5.41 Å². The van der Waals surface area contributed by atoms with Crippen molar-refractivity contribution in [2.45, 2.75) is 33.4 Å². The first-order valence-electron chi connectivity index (χ1n) is 5.30. The topological polar surface area (TPSA) is 17.1 Å². The Labute approximate surface area is 98.6 Å². The van der Waals surface area contributed by atoms with Gasteiger partial charge >= 0.3 is 6.18 Å². The molecule has 0 amide bonds. The van der Waals surface area contributed by atoms with E-state index in [9.17, 15) is 18.0 Å². The number of alkyl halides is 3. The molecule has 0 fully saturated rings. The van der Waals surface area contributed by atoms with E-state index in [0.717, 1.165) is 12.1 Å². The van der Waals surface area contributed by atoms with Crippen molar-refractivity contribution < 1.29 is 18.0 Å². The van der Waals surface area contributed by atoms with Crippen LogP contribution in [0.2, 0.25) is 0 Å². The summed E-state index contributed by atoms with van der Waals surface area (Å²) < 4.78 is 36.9. The summed E-state index contributed by atoms with van der Waals surface area (Å²) in [5.41, 5.74) is -0.551. The molecule has 0 bridgehead atoms. The summed E-state index contributed by atoms with van der Waals surface area (Å²) >= 11 is 0. The minimum absolute atomic E-state index is 0.0114. The highest BCUT2D eigenvalue weighted by Crippen LogP contribution is 2.29. The van der Waals surface area contributed by atoms with Gasteiger partial charge in [0.15, 0.2) is 0 Å². The van der Waals surface area contributed by atoms with Crippen LogP contribution >= 0.6 is 0 Å². The van der Waals surface area contributed by atoms with Crippen LogP contribution in [-0.4, -0.2) is 5.78 Å². The Morgan fingerprint density at radius 1 is 1.06 bits per heavy atom. The molecule has 0 saturated carbocycles. The van der Waals surface area contributed by atoms with Gasteiger partial charge in [-0.25, -0.2) is 0 Å². The van der Waals surface area contributed by atoms with Crippen LogP contribution in [0.15, 0.2) is 24.3 Å². The zero-order valence-electron chi connectivity index (χ0n) is 10.1. The van der Waals surface area contributed by atoms with Gasteiger partial charge in [-0.2, -0.15) is 13.2 Å². The van der Waals surface area contributed by atoms with Crippen LogP contribution in [0, 0.1) is 5.41 Å². The number of carbonyl (C=O) groups is 1. The van der Waals surface area contributed by atoms with Crippen LogP contribution in [0.3, 0.4) is 0 Å². The van der Waals surface area contributed by atoms with Gasteiger partial charge < -0.3 is 0 Å². The molecule has 0 unspecified atom stereocenters. The maximum absolute atomic E-state index is 12.3. The molecular formula is C13H15F3O. The molecule has 0 aliphatic rings. The molecule has 4 heteroatoms. The van der Waals surface area contributed by atoms with E-state index in [1.54, 1.807) is 20.8 Å². The van der Waals surface area contributed by atoms with Crippen molar-refractivity contribution >= 4 is 5.78 Å². The summed E-state index contributed by atoms with van der Waals surface area (Å²) in [6.45, 7) is 5.37. The van der Waals surface area contributed by atoms with E-state index < -0.39 is 17.2 Å². The van der Waals surface area contributed by atoms with E-state index in [1.165, 1.54) is 12.1 Å². The van der Waals surface area contributed by atoms with E-state index in [2.05, 4.69) is 0 Å². The van der Waals surface area contributed by atoms with Gasteiger partial charge in [0.1, 0.15) is 5.78 Å². The summed E-state index contributed by atoms with van der Waals surface area (Å²) in [6, 6.07) is 4.72. The number of ketones is 1. The van der Waals surface area contributed by atoms with E-state index in [4.69, 9.17) is 0 Å². The third-order valence-electron chi connectivity index (χ3n) is 2.48. The van der Waals surface area contributed by atoms with Crippen LogP contribution in [0.5, 0.6) is 0 Å². The molecule has 17 heavy (non-hydrogen) atoms. The predicted molar refractivity (Wildman–Crippen MR) is 59.6 cm³/mol. The summed E-state index contributed by atoms with van der Waals surface area (Å²) in [4.78, 5) is 11.7. The number of halogens is 3. The first kappa shape index (κ1) is 13.7. The van der Waals surface area contributed by atoms with E-state index in [0.29, 0.717) is 5.56 Å². The van der Waals surface area contributed by atoms with Crippen molar-refractivity contribution in [3.8, 4) is 0 Å². The summed E-state index contributed by atoms with van der Waals surface area (Å²) in [7, 11) is 0. The quantitative estimate of drug-likeness (QED) is 0.772.